The Morgan fingerprint density at radius 3 is 0.957 bits per heavy atom. The fraction of sp³-hybridized carbons (Fsp3) is 0.967. The molecule has 16 nitrogen and oxygen atoms in total. The van der Waals surface area contributed by atoms with Crippen molar-refractivity contribution >= 4 is 5.97 Å². The van der Waals surface area contributed by atoms with E-state index < -0.39 is 103 Å². The van der Waals surface area contributed by atoms with Gasteiger partial charge < -0.3 is 75.5 Å². The number of rotatable bonds is 3. The molecule has 3 saturated heterocycles. The lowest BCUT2D eigenvalue weighted by Crippen LogP contribution is -2.62. The Morgan fingerprint density at radius 2 is 0.717 bits per heavy atom. The average molecular weight is 675 g/mol. The van der Waals surface area contributed by atoms with Gasteiger partial charge in [-0.25, -0.2) is 4.79 Å². The molecule has 0 saturated carbocycles. The molecule has 15 unspecified atom stereocenters. The Bertz CT molecular complexity index is 879. The van der Waals surface area contributed by atoms with E-state index in [2.05, 4.69) is 0 Å². The van der Waals surface area contributed by atoms with Crippen molar-refractivity contribution in [1.29, 1.82) is 0 Å². The van der Waals surface area contributed by atoms with Crippen LogP contribution in [0.3, 0.4) is 0 Å². The van der Waals surface area contributed by atoms with E-state index in [9.17, 15) is 50.8 Å². The lowest BCUT2D eigenvalue weighted by molar-refractivity contribution is -0.250. The number of aliphatic hydroxyl groups excluding tert-OH is 11. The van der Waals surface area contributed by atoms with Crippen LogP contribution in [0.25, 0.3) is 0 Å². The third-order valence-electron chi connectivity index (χ3n) is 8.20. The van der Waals surface area contributed by atoms with Gasteiger partial charge in [0.25, 0.3) is 0 Å². The van der Waals surface area contributed by atoms with E-state index in [4.69, 9.17) is 29.5 Å². The summed E-state index contributed by atoms with van der Waals surface area (Å²) >= 11 is 0. The van der Waals surface area contributed by atoms with Crippen molar-refractivity contribution in [3.05, 3.63) is 0 Å². The van der Waals surface area contributed by atoms with Crippen LogP contribution in [0.2, 0.25) is 0 Å². The van der Waals surface area contributed by atoms with E-state index >= 15 is 0 Å². The SMILES string of the molecule is CC(C)(C)C1OC(C(=O)O)C(O)C(O)C1O.CC(C)(C)C1OC(CO)C(O)C(O)C1O.CC(C)(C)C1OC(CO)C(O)C(O)C1O. The molecule has 0 amide bonds. The zero-order chi connectivity index (χ0) is 36.3. The molecule has 0 aromatic carbocycles. The minimum Gasteiger partial charge on any atom is -0.479 e. The molecule has 0 radical (unpaired) electrons. The fourth-order valence-corrected chi connectivity index (χ4v) is 5.44. The van der Waals surface area contributed by atoms with E-state index in [0.717, 1.165) is 0 Å². The Hall–Kier alpha value is -1.09. The van der Waals surface area contributed by atoms with Gasteiger partial charge in [-0.05, 0) is 16.2 Å². The van der Waals surface area contributed by atoms with Gasteiger partial charge in [0.15, 0.2) is 6.10 Å². The molecule has 3 aliphatic rings. The number of carbonyl (C=O) groups is 1. The Kier molecular flexibility index (Phi) is 15.4. The van der Waals surface area contributed by atoms with Crippen LogP contribution < -0.4 is 0 Å². The summed E-state index contributed by atoms with van der Waals surface area (Å²) in [5.74, 6) is -1.35. The van der Waals surface area contributed by atoms with Crippen LogP contribution in [0.1, 0.15) is 62.3 Å². The van der Waals surface area contributed by atoms with E-state index in [0.29, 0.717) is 0 Å². The Morgan fingerprint density at radius 1 is 0.457 bits per heavy atom. The van der Waals surface area contributed by atoms with Gasteiger partial charge in [-0.1, -0.05) is 62.3 Å². The minimum atomic E-state index is -1.62. The monoisotopic (exact) mass is 674 g/mol. The zero-order valence-electron chi connectivity index (χ0n) is 28.1. The topological polar surface area (TPSA) is 288 Å². The van der Waals surface area contributed by atoms with Crippen molar-refractivity contribution in [3.8, 4) is 0 Å². The van der Waals surface area contributed by atoms with Crippen molar-refractivity contribution in [1.82, 2.24) is 0 Å². The second kappa shape index (κ2) is 16.5. The number of aliphatic hydroxyl groups is 11. The first-order valence-corrected chi connectivity index (χ1v) is 15.3. The van der Waals surface area contributed by atoms with Crippen LogP contribution in [-0.2, 0) is 19.0 Å². The predicted octanol–water partition coefficient (Wildman–Crippen LogP) is -3.28. The highest BCUT2D eigenvalue weighted by atomic mass is 16.6. The second-order valence-corrected chi connectivity index (χ2v) is 15.4. The summed E-state index contributed by atoms with van der Waals surface area (Å²) < 4.78 is 15.9. The van der Waals surface area contributed by atoms with Crippen molar-refractivity contribution < 1.29 is 80.3 Å². The number of ether oxygens (including phenoxy) is 3. The Balaban J connectivity index is 0.000000345. The molecule has 15 atom stereocenters. The maximum Gasteiger partial charge on any atom is 0.335 e. The molecular formula is C30H58O16. The summed E-state index contributed by atoms with van der Waals surface area (Å²) in [6.45, 7) is 15.7. The van der Waals surface area contributed by atoms with E-state index in [1.54, 1.807) is 20.8 Å². The molecule has 3 rings (SSSR count). The zero-order valence-corrected chi connectivity index (χ0v) is 28.1. The summed E-state index contributed by atoms with van der Waals surface area (Å²) in [4.78, 5) is 10.8. The lowest BCUT2D eigenvalue weighted by atomic mass is 9.80. The van der Waals surface area contributed by atoms with Gasteiger partial charge in [0.1, 0.15) is 67.1 Å². The molecule has 16 heteroatoms. The molecule has 3 fully saturated rings. The molecule has 0 aromatic rings. The highest BCUT2D eigenvalue weighted by Crippen LogP contribution is 2.35. The van der Waals surface area contributed by atoms with Crippen LogP contribution in [0, 0.1) is 16.2 Å². The first-order chi connectivity index (χ1) is 20.7. The molecule has 3 heterocycles. The number of carboxylic acids is 1. The third-order valence-corrected chi connectivity index (χ3v) is 8.20. The number of hydrogen-bond donors (Lipinski definition) is 12. The molecule has 3 aliphatic heterocycles. The van der Waals surface area contributed by atoms with Gasteiger partial charge >= 0.3 is 5.97 Å². The van der Waals surface area contributed by atoms with Gasteiger partial charge in [0.05, 0.1) is 31.5 Å². The van der Waals surface area contributed by atoms with Crippen molar-refractivity contribution in [2.75, 3.05) is 13.2 Å². The summed E-state index contributed by atoms with van der Waals surface area (Å²) in [5, 5.41) is 113. The standard InChI is InChI=1S/C10H18O6.2C10H20O5/c1-10(2,3)8-6(13)4(11)5(12)7(16-8)9(14)15;2*1-10(2,3)9-8(14)7(13)6(12)5(4-11)15-9/h4-8,11-13H,1-3H3,(H,14,15);2*5-9,11-14H,4H2,1-3H3. The first kappa shape index (κ1) is 42.9. The van der Waals surface area contributed by atoms with Crippen molar-refractivity contribution in [3.63, 3.8) is 0 Å². The maximum absolute atomic E-state index is 10.8. The summed E-state index contributed by atoms with van der Waals surface area (Å²) in [6.07, 6.45) is -17.0. The van der Waals surface area contributed by atoms with E-state index in [-0.39, 0.29) is 24.0 Å². The third kappa shape index (κ3) is 10.5. The Labute approximate surface area is 269 Å². The van der Waals surface area contributed by atoms with Crippen molar-refractivity contribution in [2.45, 2.75) is 154 Å². The molecule has 0 spiro atoms. The molecule has 0 bridgehead atoms. The normalized spacial score (nSPS) is 42.2. The summed E-state index contributed by atoms with van der Waals surface area (Å²) in [5.41, 5.74) is -1.27. The van der Waals surface area contributed by atoms with Gasteiger partial charge in [0, 0.05) is 0 Å². The van der Waals surface area contributed by atoms with Gasteiger partial charge in [-0.2, -0.15) is 0 Å². The van der Waals surface area contributed by atoms with E-state index in [1.165, 1.54) is 0 Å². The second-order valence-electron chi connectivity index (χ2n) is 15.4. The fourth-order valence-electron chi connectivity index (χ4n) is 5.44. The highest BCUT2D eigenvalue weighted by molar-refractivity contribution is 5.73. The smallest absolute Gasteiger partial charge is 0.335 e. The molecular weight excluding hydrogens is 616 g/mol. The molecule has 46 heavy (non-hydrogen) atoms. The highest BCUT2D eigenvalue weighted by Gasteiger charge is 2.51. The molecule has 0 aromatic heterocycles. The summed E-state index contributed by atoms with van der Waals surface area (Å²) in [6, 6.07) is 0. The number of carboxylic acid groups (broad SMARTS) is 1. The quantitative estimate of drug-likeness (QED) is 0.140. The molecule has 12 N–H and O–H groups in total. The number of hydrogen-bond acceptors (Lipinski definition) is 15. The average Bonchev–Trinajstić information content (AvgIpc) is 2.92. The predicted molar refractivity (Wildman–Crippen MR) is 160 cm³/mol. The largest absolute Gasteiger partial charge is 0.479 e. The van der Waals surface area contributed by atoms with Crippen LogP contribution in [0.15, 0.2) is 0 Å². The van der Waals surface area contributed by atoms with Crippen LogP contribution in [0.5, 0.6) is 0 Å². The van der Waals surface area contributed by atoms with Crippen LogP contribution in [-0.4, -0.2) is 172 Å². The van der Waals surface area contributed by atoms with Gasteiger partial charge in [-0.3, -0.25) is 0 Å². The molecule has 274 valence electrons. The minimum absolute atomic E-state index is 0.367. The van der Waals surface area contributed by atoms with Crippen LogP contribution >= 0.6 is 0 Å². The van der Waals surface area contributed by atoms with E-state index in [1.807, 2.05) is 41.5 Å². The lowest BCUT2D eigenvalue weighted by Gasteiger charge is -2.45. The summed E-state index contributed by atoms with van der Waals surface area (Å²) in [7, 11) is 0. The van der Waals surface area contributed by atoms with Gasteiger partial charge in [0.2, 0.25) is 0 Å². The maximum atomic E-state index is 10.8. The van der Waals surface area contributed by atoms with Crippen molar-refractivity contribution in [2.24, 2.45) is 16.2 Å². The molecule has 0 aliphatic carbocycles. The van der Waals surface area contributed by atoms with Crippen LogP contribution in [0.4, 0.5) is 0 Å². The first-order valence-electron chi connectivity index (χ1n) is 15.3. The van der Waals surface area contributed by atoms with Gasteiger partial charge in [-0.15, -0.1) is 0 Å². The number of aliphatic carboxylic acids is 1.